The van der Waals surface area contributed by atoms with Gasteiger partial charge in [0.15, 0.2) is 6.61 Å². The van der Waals surface area contributed by atoms with E-state index < -0.39 is 0 Å². The number of benzene rings is 1. The molecule has 0 saturated heterocycles. The van der Waals surface area contributed by atoms with Crippen LogP contribution < -0.4 is 15.8 Å². The molecule has 1 aromatic carbocycles. The number of amides is 1. The molecule has 1 heterocycles. The molecule has 2 bridgehead atoms. The fourth-order valence-corrected chi connectivity index (χ4v) is 5.40. The van der Waals surface area contributed by atoms with Crippen molar-refractivity contribution in [3.05, 3.63) is 23.8 Å². The van der Waals surface area contributed by atoms with Crippen LogP contribution in [0.4, 0.5) is 5.69 Å². The SMILES string of the molecule is NC(c1ccc2c(c1)NC(=O)CO2)C1C2C3CCC(C3)C21. The van der Waals surface area contributed by atoms with E-state index in [1.54, 1.807) is 0 Å². The summed E-state index contributed by atoms with van der Waals surface area (Å²) in [7, 11) is 0. The molecule has 4 heteroatoms. The van der Waals surface area contributed by atoms with E-state index in [0.29, 0.717) is 5.92 Å². The average Bonchev–Trinajstić information content (AvgIpc) is 2.92. The van der Waals surface area contributed by atoms with Gasteiger partial charge in [-0.15, -0.1) is 0 Å². The quantitative estimate of drug-likeness (QED) is 0.876. The number of carbonyl (C=O) groups excluding carboxylic acids is 1. The summed E-state index contributed by atoms with van der Waals surface area (Å²) in [5.41, 5.74) is 8.47. The first-order chi connectivity index (χ1) is 10.2. The maximum Gasteiger partial charge on any atom is 0.262 e. The lowest BCUT2D eigenvalue weighted by atomic mass is 9.93. The molecule has 0 aromatic heterocycles. The van der Waals surface area contributed by atoms with E-state index in [1.807, 2.05) is 12.1 Å². The lowest BCUT2D eigenvalue weighted by Gasteiger charge is -2.21. The van der Waals surface area contributed by atoms with Gasteiger partial charge in [0.1, 0.15) is 5.75 Å². The van der Waals surface area contributed by atoms with Crippen LogP contribution in [0.1, 0.15) is 30.9 Å². The first-order valence-corrected chi connectivity index (χ1v) is 8.04. The van der Waals surface area contributed by atoms with Crippen molar-refractivity contribution in [3.63, 3.8) is 0 Å². The van der Waals surface area contributed by atoms with E-state index in [1.165, 1.54) is 19.3 Å². The molecular formula is C17H20N2O2. The zero-order valence-corrected chi connectivity index (χ0v) is 11.9. The van der Waals surface area contributed by atoms with Crippen molar-refractivity contribution in [2.45, 2.75) is 25.3 Å². The second kappa shape index (κ2) is 4.01. The molecule has 5 atom stereocenters. The summed E-state index contributed by atoms with van der Waals surface area (Å²) in [4.78, 5) is 11.4. The number of carbonyl (C=O) groups is 1. The maximum atomic E-state index is 11.4. The van der Waals surface area contributed by atoms with Gasteiger partial charge in [0.25, 0.3) is 5.91 Å². The van der Waals surface area contributed by atoms with Crippen molar-refractivity contribution >= 4 is 11.6 Å². The monoisotopic (exact) mass is 284 g/mol. The third-order valence-electron chi connectivity index (χ3n) is 6.23. The lowest BCUT2D eigenvalue weighted by molar-refractivity contribution is -0.118. The Labute approximate surface area is 124 Å². The van der Waals surface area contributed by atoms with E-state index in [9.17, 15) is 4.79 Å². The molecule has 1 aliphatic heterocycles. The lowest BCUT2D eigenvalue weighted by Crippen LogP contribution is -2.26. The Morgan fingerprint density at radius 3 is 2.76 bits per heavy atom. The number of nitrogens with two attached hydrogens (primary N) is 1. The molecule has 3 saturated carbocycles. The van der Waals surface area contributed by atoms with Crippen LogP contribution in [-0.4, -0.2) is 12.5 Å². The van der Waals surface area contributed by atoms with Crippen molar-refractivity contribution < 1.29 is 9.53 Å². The summed E-state index contributed by atoms with van der Waals surface area (Å²) >= 11 is 0. The minimum Gasteiger partial charge on any atom is -0.482 e. The predicted molar refractivity (Wildman–Crippen MR) is 78.8 cm³/mol. The smallest absolute Gasteiger partial charge is 0.262 e. The Bertz CT molecular complexity index is 613. The standard InChI is InChI=1S/C17H20N2O2/c18-17(16-14-8-1-2-9(5-8)15(14)16)10-3-4-12-11(6-10)19-13(20)7-21-12/h3-4,6,8-9,14-17H,1-2,5,7,18H2,(H,19,20). The van der Waals surface area contributed by atoms with Crippen molar-refractivity contribution in [3.8, 4) is 5.75 Å². The molecule has 3 fully saturated rings. The van der Waals surface area contributed by atoms with Gasteiger partial charge < -0.3 is 15.8 Å². The number of hydrogen-bond acceptors (Lipinski definition) is 3. The molecule has 110 valence electrons. The maximum absolute atomic E-state index is 11.4. The van der Waals surface area contributed by atoms with Crippen LogP contribution in [0.3, 0.4) is 0 Å². The Morgan fingerprint density at radius 1 is 1.24 bits per heavy atom. The van der Waals surface area contributed by atoms with Crippen LogP contribution in [0.25, 0.3) is 0 Å². The van der Waals surface area contributed by atoms with Gasteiger partial charge in [0, 0.05) is 6.04 Å². The molecule has 5 rings (SSSR count). The number of anilines is 1. The largest absolute Gasteiger partial charge is 0.482 e. The summed E-state index contributed by atoms with van der Waals surface area (Å²) in [6.07, 6.45) is 4.29. The Morgan fingerprint density at radius 2 is 2.00 bits per heavy atom. The van der Waals surface area contributed by atoms with Gasteiger partial charge in [-0.3, -0.25) is 4.79 Å². The second-order valence-corrected chi connectivity index (χ2v) is 7.18. The molecule has 21 heavy (non-hydrogen) atoms. The molecule has 4 nitrogen and oxygen atoms in total. The summed E-state index contributed by atoms with van der Waals surface area (Å²) in [6, 6.07) is 6.12. The second-order valence-electron chi connectivity index (χ2n) is 7.18. The Balaban J connectivity index is 1.41. The molecule has 1 aromatic rings. The third kappa shape index (κ3) is 1.62. The van der Waals surface area contributed by atoms with Gasteiger partial charge in [-0.2, -0.15) is 0 Å². The van der Waals surface area contributed by atoms with Crippen LogP contribution in [0.2, 0.25) is 0 Å². The average molecular weight is 284 g/mol. The zero-order valence-electron chi connectivity index (χ0n) is 11.9. The molecule has 1 amide bonds. The highest BCUT2D eigenvalue weighted by molar-refractivity contribution is 5.95. The van der Waals surface area contributed by atoms with Gasteiger partial charge in [-0.1, -0.05) is 6.07 Å². The molecule has 3 aliphatic carbocycles. The topological polar surface area (TPSA) is 64.3 Å². The van der Waals surface area contributed by atoms with Crippen molar-refractivity contribution in [2.24, 2.45) is 35.3 Å². The van der Waals surface area contributed by atoms with Gasteiger partial charge >= 0.3 is 0 Å². The first kappa shape index (κ1) is 12.0. The van der Waals surface area contributed by atoms with Gasteiger partial charge in [0.2, 0.25) is 0 Å². The number of rotatable bonds is 2. The molecule has 4 aliphatic rings. The van der Waals surface area contributed by atoms with Crippen molar-refractivity contribution in [1.29, 1.82) is 0 Å². The minimum atomic E-state index is -0.0884. The normalized spacial score (nSPS) is 40.0. The number of nitrogens with one attached hydrogen (secondary N) is 1. The predicted octanol–water partition coefficient (Wildman–Crippen LogP) is 2.31. The van der Waals surface area contributed by atoms with Gasteiger partial charge in [-0.25, -0.2) is 0 Å². The first-order valence-electron chi connectivity index (χ1n) is 8.04. The highest BCUT2D eigenvalue weighted by Crippen LogP contribution is 2.71. The minimum absolute atomic E-state index is 0.0884. The van der Waals surface area contributed by atoms with E-state index in [-0.39, 0.29) is 18.6 Å². The number of hydrogen-bond donors (Lipinski definition) is 2. The van der Waals surface area contributed by atoms with E-state index >= 15 is 0 Å². The summed E-state index contributed by atoms with van der Waals surface area (Å²) in [5.74, 6) is 4.96. The number of ether oxygens (including phenoxy) is 1. The van der Waals surface area contributed by atoms with Crippen LogP contribution >= 0.6 is 0 Å². The van der Waals surface area contributed by atoms with Crippen LogP contribution in [-0.2, 0) is 4.79 Å². The van der Waals surface area contributed by atoms with Gasteiger partial charge in [-0.05, 0) is 66.5 Å². The Hall–Kier alpha value is -1.55. The van der Waals surface area contributed by atoms with E-state index in [4.69, 9.17) is 10.5 Å². The molecule has 0 radical (unpaired) electrons. The molecule has 5 unspecified atom stereocenters. The fraction of sp³-hybridized carbons (Fsp3) is 0.588. The fourth-order valence-electron chi connectivity index (χ4n) is 5.40. The van der Waals surface area contributed by atoms with E-state index in [2.05, 4.69) is 11.4 Å². The summed E-state index contributed by atoms with van der Waals surface area (Å²) in [5, 5.41) is 2.88. The van der Waals surface area contributed by atoms with Gasteiger partial charge in [0.05, 0.1) is 5.69 Å². The molecule has 3 N–H and O–H groups in total. The zero-order chi connectivity index (χ0) is 14.1. The van der Waals surface area contributed by atoms with Crippen molar-refractivity contribution in [2.75, 3.05) is 11.9 Å². The van der Waals surface area contributed by atoms with Crippen LogP contribution in [0, 0.1) is 29.6 Å². The number of fused-ring (bicyclic) bond motifs is 6. The third-order valence-corrected chi connectivity index (χ3v) is 6.23. The van der Waals surface area contributed by atoms with E-state index in [0.717, 1.165) is 40.7 Å². The highest BCUT2D eigenvalue weighted by Gasteiger charge is 2.66. The van der Waals surface area contributed by atoms with Crippen molar-refractivity contribution in [1.82, 2.24) is 0 Å². The van der Waals surface area contributed by atoms with Crippen LogP contribution in [0.5, 0.6) is 5.75 Å². The Kier molecular flexibility index (Phi) is 2.30. The molecular weight excluding hydrogens is 264 g/mol. The highest BCUT2D eigenvalue weighted by atomic mass is 16.5. The summed E-state index contributed by atoms with van der Waals surface area (Å²) < 4.78 is 5.41. The summed E-state index contributed by atoms with van der Waals surface area (Å²) in [6.45, 7) is 0.106. The van der Waals surface area contributed by atoms with Crippen LogP contribution in [0.15, 0.2) is 18.2 Å². The molecule has 0 spiro atoms.